The molecule has 0 aliphatic heterocycles. The Morgan fingerprint density at radius 2 is 1.81 bits per heavy atom. The summed E-state index contributed by atoms with van der Waals surface area (Å²) in [6.07, 6.45) is 3.13. The fourth-order valence-electron chi connectivity index (χ4n) is 3.39. The molecule has 0 bridgehead atoms. The molecule has 166 valence electrons. The number of carbonyl (C=O) groups is 2. The Balaban J connectivity index is 1.90. The highest BCUT2D eigenvalue weighted by atomic mass is 32.1. The summed E-state index contributed by atoms with van der Waals surface area (Å²) in [5.74, 6) is -0.0832. The third-order valence-electron chi connectivity index (χ3n) is 4.81. The molecular formula is C26H27NO4S. The van der Waals surface area contributed by atoms with Crippen LogP contribution in [0.3, 0.4) is 0 Å². The van der Waals surface area contributed by atoms with Gasteiger partial charge in [0.2, 0.25) is 5.91 Å². The van der Waals surface area contributed by atoms with Crippen LogP contribution in [0.15, 0.2) is 53.9 Å². The number of thiophene rings is 1. The van der Waals surface area contributed by atoms with Crippen LogP contribution in [0.4, 0.5) is 5.00 Å². The van der Waals surface area contributed by atoms with Crippen LogP contribution in [0.25, 0.3) is 17.2 Å². The fourth-order valence-corrected chi connectivity index (χ4v) is 4.35. The zero-order chi connectivity index (χ0) is 23.1. The Kier molecular flexibility index (Phi) is 7.84. The van der Waals surface area contributed by atoms with Crippen LogP contribution in [0, 0.1) is 13.8 Å². The van der Waals surface area contributed by atoms with Crippen molar-refractivity contribution in [2.45, 2.75) is 27.7 Å². The third-order valence-corrected chi connectivity index (χ3v) is 5.71. The number of aryl methyl sites for hydroxylation is 2. The van der Waals surface area contributed by atoms with Gasteiger partial charge in [-0.1, -0.05) is 42.0 Å². The highest BCUT2D eigenvalue weighted by Gasteiger charge is 2.23. The summed E-state index contributed by atoms with van der Waals surface area (Å²) in [6.45, 7) is 8.50. The van der Waals surface area contributed by atoms with E-state index in [2.05, 4.69) is 11.4 Å². The zero-order valence-electron chi connectivity index (χ0n) is 18.7. The maximum Gasteiger partial charge on any atom is 0.341 e. The van der Waals surface area contributed by atoms with Crippen molar-refractivity contribution in [1.82, 2.24) is 0 Å². The summed E-state index contributed by atoms with van der Waals surface area (Å²) in [7, 11) is 0. The van der Waals surface area contributed by atoms with Gasteiger partial charge in [-0.25, -0.2) is 4.79 Å². The maximum atomic E-state index is 12.8. The number of ether oxygens (including phenoxy) is 2. The first kappa shape index (κ1) is 23.3. The molecule has 0 saturated carbocycles. The zero-order valence-corrected chi connectivity index (χ0v) is 19.5. The lowest BCUT2D eigenvalue weighted by Crippen LogP contribution is -2.12. The molecule has 6 heteroatoms. The number of rotatable bonds is 8. The summed E-state index contributed by atoms with van der Waals surface area (Å²) in [5.41, 5.74) is 5.07. The summed E-state index contributed by atoms with van der Waals surface area (Å²) < 4.78 is 10.9. The lowest BCUT2D eigenvalue weighted by atomic mass is 9.97. The van der Waals surface area contributed by atoms with Crippen LogP contribution < -0.4 is 10.1 Å². The minimum absolute atomic E-state index is 0.252. The van der Waals surface area contributed by atoms with Crippen LogP contribution in [0.5, 0.6) is 5.75 Å². The number of hydrogen-bond acceptors (Lipinski definition) is 5. The van der Waals surface area contributed by atoms with Gasteiger partial charge in [0.1, 0.15) is 16.3 Å². The van der Waals surface area contributed by atoms with Gasteiger partial charge in [-0.2, -0.15) is 0 Å². The van der Waals surface area contributed by atoms with E-state index in [9.17, 15) is 9.59 Å². The van der Waals surface area contributed by atoms with Crippen LogP contribution in [-0.4, -0.2) is 25.1 Å². The van der Waals surface area contributed by atoms with Gasteiger partial charge in [-0.05, 0) is 51.0 Å². The number of carbonyl (C=O) groups excluding carboxylic acids is 2. The average molecular weight is 450 g/mol. The molecule has 3 rings (SSSR count). The van der Waals surface area contributed by atoms with E-state index in [-0.39, 0.29) is 12.5 Å². The summed E-state index contributed by atoms with van der Waals surface area (Å²) in [6, 6.07) is 13.6. The largest absolute Gasteiger partial charge is 0.493 e. The predicted molar refractivity (Wildman–Crippen MR) is 130 cm³/mol. The number of esters is 1. The number of amides is 1. The van der Waals surface area contributed by atoms with Crippen LogP contribution in [0.1, 0.15) is 40.9 Å². The highest BCUT2D eigenvalue weighted by Crippen LogP contribution is 2.38. The van der Waals surface area contributed by atoms with Gasteiger partial charge in [0.05, 0.1) is 13.2 Å². The lowest BCUT2D eigenvalue weighted by molar-refractivity contribution is -0.111. The van der Waals surface area contributed by atoms with Crippen molar-refractivity contribution in [2.24, 2.45) is 0 Å². The molecule has 1 N–H and O–H groups in total. The molecule has 0 unspecified atom stereocenters. The van der Waals surface area contributed by atoms with Crippen LogP contribution in [0.2, 0.25) is 0 Å². The predicted octanol–water partition coefficient (Wildman–Crippen LogP) is 6.26. The molecule has 2 aromatic carbocycles. The van der Waals surface area contributed by atoms with E-state index in [0.717, 1.165) is 27.8 Å². The number of benzene rings is 2. The average Bonchev–Trinajstić information content (AvgIpc) is 3.16. The van der Waals surface area contributed by atoms with Crippen molar-refractivity contribution >= 4 is 34.3 Å². The summed E-state index contributed by atoms with van der Waals surface area (Å²) >= 11 is 1.31. The first-order valence-electron chi connectivity index (χ1n) is 10.5. The first-order chi connectivity index (χ1) is 15.4. The molecular weight excluding hydrogens is 422 g/mol. The quantitative estimate of drug-likeness (QED) is 0.326. The van der Waals surface area contributed by atoms with E-state index in [1.54, 1.807) is 13.0 Å². The van der Waals surface area contributed by atoms with Crippen molar-refractivity contribution in [3.05, 3.63) is 76.2 Å². The van der Waals surface area contributed by atoms with E-state index >= 15 is 0 Å². The van der Waals surface area contributed by atoms with E-state index in [0.29, 0.717) is 22.9 Å². The molecule has 0 radical (unpaired) electrons. The van der Waals surface area contributed by atoms with Gasteiger partial charge < -0.3 is 14.8 Å². The Morgan fingerprint density at radius 3 is 2.53 bits per heavy atom. The smallest absolute Gasteiger partial charge is 0.341 e. The molecule has 0 atom stereocenters. The first-order valence-corrected chi connectivity index (χ1v) is 11.4. The Hall–Kier alpha value is -3.38. The molecule has 1 amide bonds. The highest BCUT2D eigenvalue weighted by molar-refractivity contribution is 7.15. The van der Waals surface area contributed by atoms with Gasteiger partial charge in [0.25, 0.3) is 0 Å². The van der Waals surface area contributed by atoms with Gasteiger partial charge in [-0.3, -0.25) is 4.79 Å². The van der Waals surface area contributed by atoms with Crippen molar-refractivity contribution < 1.29 is 19.1 Å². The second kappa shape index (κ2) is 10.8. The van der Waals surface area contributed by atoms with Crippen LogP contribution in [-0.2, 0) is 9.53 Å². The van der Waals surface area contributed by atoms with Gasteiger partial charge in [0.15, 0.2) is 0 Å². The molecule has 1 aromatic heterocycles. The van der Waals surface area contributed by atoms with Crippen molar-refractivity contribution in [1.29, 1.82) is 0 Å². The van der Waals surface area contributed by atoms with E-state index in [1.165, 1.54) is 17.4 Å². The second-order valence-electron chi connectivity index (χ2n) is 7.19. The van der Waals surface area contributed by atoms with Crippen molar-refractivity contribution in [3.8, 4) is 16.9 Å². The monoisotopic (exact) mass is 449 g/mol. The number of anilines is 1. The Bertz CT molecular complexity index is 1150. The van der Waals surface area contributed by atoms with Crippen LogP contribution >= 0.6 is 11.3 Å². The molecule has 0 aliphatic rings. The van der Waals surface area contributed by atoms with Gasteiger partial charge >= 0.3 is 5.97 Å². The van der Waals surface area contributed by atoms with E-state index in [1.807, 2.05) is 62.5 Å². The maximum absolute atomic E-state index is 12.8. The molecule has 32 heavy (non-hydrogen) atoms. The number of hydrogen-bond donors (Lipinski definition) is 1. The fraction of sp³-hybridized carbons (Fsp3) is 0.231. The lowest BCUT2D eigenvalue weighted by Gasteiger charge is -2.10. The van der Waals surface area contributed by atoms with Gasteiger partial charge in [0, 0.05) is 22.6 Å². The molecule has 3 aromatic rings. The number of para-hydroxylation sites is 1. The third kappa shape index (κ3) is 5.45. The SMILES string of the molecule is CCOC(=O)c1c(-c2ccc(C)cc2C)csc1NC(=O)/C=C/c1ccccc1OCC. The molecule has 5 nitrogen and oxygen atoms in total. The second-order valence-corrected chi connectivity index (χ2v) is 8.07. The normalized spacial score (nSPS) is 10.9. The van der Waals surface area contributed by atoms with Crippen molar-refractivity contribution in [3.63, 3.8) is 0 Å². The molecule has 0 aliphatic carbocycles. The topological polar surface area (TPSA) is 64.6 Å². The Morgan fingerprint density at radius 1 is 1.03 bits per heavy atom. The summed E-state index contributed by atoms with van der Waals surface area (Å²) in [5, 5.41) is 5.19. The molecule has 0 saturated heterocycles. The van der Waals surface area contributed by atoms with Crippen molar-refractivity contribution in [2.75, 3.05) is 18.5 Å². The molecule has 1 heterocycles. The molecule has 0 fully saturated rings. The minimum atomic E-state index is -0.454. The summed E-state index contributed by atoms with van der Waals surface area (Å²) in [4.78, 5) is 25.4. The van der Waals surface area contributed by atoms with Gasteiger partial charge in [-0.15, -0.1) is 11.3 Å². The molecule has 0 spiro atoms. The van der Waals surface area contributed by atoms with E-state index < -0.39 is 5.97 Å². The Labute approximate surface area is 192 Å². The standard InChI is InChI=1S/C26H27NO4S/c1-5-30-22-10-8-7-9-19(22)12-14-23(28)27-25-24(26(29)31-6-2)21(16-32-25)20-13-11-17(3)15-18(20)4/h7-16H,5-6H2,1-4H3,(H,27,28)/b14-12+. The van der Waals surface area contributed by atoms with E-state index in [4.69, 9.17) is 9.47 Å². The number of nitrogens with one attached hydrogen (secondary N) is 1. The minimum Gasteiger partial charge on any atom is -0.493 e.